The molecule has 0 bridgehead atoms. The number of piperazine rings is 1. The lowest BCUT2D eigenvalue weighted by molar-refractivity contribution is -0.138. The molecule has 7 nitrogen and oxygen atoms in total. The summed E-state index contributed by atoms with van der Waals surface area (Å²) in [5, 5.41) is 14.3. The van der Waals surface area contributed by atoms with Crippen molar-refractivity contribution in [1.82, 2.24) is 10.2 Å². The lowest BCUT2D eigenvalue weighted by Crippen LogP contribution is -2.46. The maximum atomic E-state index is 11.7. The van der Waals surface area contributed by atoms with Crippen LogP contribution in [0.2, 0.25) is 5.02 Å². The summed E-state index contributed by atoms with van der Waals surface area (Å²) in [5.41, 5.74) is 1.46. The van der Waals surface area contributed by atoms with Crippen LogP contribution in [0, 0.1) is 0 Å². The number of nitrogens with one attached hydrogen (secondary N) is 2. The van der Waals surface area contributed by atoms with E-state index in [1.54, 1.807) is 12.1 Å². The van der Waals surface area contributed by atoms with Crippen molar-refractivity contribution in [2.45, 2.75) is 19.9 Å². The maximum Gasteiger partial charge on any atom is 0.325 e. The topological polar surface area (TPSA) is 84.9 Å². The number of rotatable bonds is 5. The zero-order chi connectivity index (χ0) is 17.7. The summed E-state index contributed by atoms with van der Waals surface area (Å²) in [5.74, 6) is -1.09. The molecule has 1 heterocycles. The van der Waals surface area contributed by atoms with Gasteiger partial charge in [0.25, 0.3) is 0 Å². The summed E-state index contributed by atoms with van der Waals surface area (Å²) in [7, 11) is 0. The van der Waals surface area contributed by atoms with Crippen LogP contribution in [0.1, 0.15) is 13.8 Å². The molecule has 1 unspecified atom stereocenters. The van der Waals surface area contributed by atoms with Gasteiger partial charge in [-0.2, -0.15) is 0 Å². The highest BCUT2D eigenvalue weighted by atomic mass is 35.5. The lowest BCUT2D eigenvalue weighted by Gasteiger charge is -2.36. The number of halogens is 1. The Bertz CT molecular complexity index is 603. The van der Waals surface area contributed by atoms with Gasteiger partial charge in [-0.05, 0) is 31.7 Å². The molecular formula is C16H23ClN4O3. The first-order chi connectivity index (χ1) is 11.4. The number of carboxylic acids is 1. The zero-order valence-corrected chi connectivity index (χ0v) is 14.6. The molecular weight excluding hydrogens is 332 g/mol. The number of likely N-dealkylation sites (N-methyl/N-ethyl adjacent to an activating group) is 1. The molecule has 132 valence electrons. The van der Waals surface area contributed by atoms with Crippen LogP contribution >= 0.6 is 11.6 Å². The number of benzene rings is 1. The number of carbonyl (C=O) groups excluding carboxylic acids is 1. The molecule has 0 spiro atoms. The molecule has 0 radical (unpaired) electrons. The second-order valence-corrected chi connectivity index (χ2v) is 6.15. The molecule has 0 saturated carbocycles. The molecule has 3 N–H and O–H groups in total. The van der Waals surface area contributed by atoms with E-state index in [0.29, 0.717) is 10.7 Å². The summed E-state index contributed by atoms with van der Waals surface area (Å²) in [6, 6.07) is 3.77. The highest BCUT2D eigenvalue weighted by Crippen LogP contribution is 2.29. The molecule has 1 saturated heterocycles. The van der Waals surface area contributed by atoms with Crippen LogP contribution in [-0.2, 0) is 4.79 Å². The van der Waals surface area contributed by atoms with Gasteiger partial charge in [-0.3, -0.25) is 4.79 Å². The Morgan fingerprint density at radius 2 is 1.96 bits per heavy atom. The number of carbonyl (C=O) groups is 2. The Hall–Kier alpha value is -1.99. The summed E-state index contributed by atoms with van der Waals surface area (Å²) < 4.78 is 0. The molecule has 1 aliphatic rings. The molecule has 1 atom stereocenters. The molecule has 24 heavy (non-hydrogen) atoms. The summed E-state index contributed by atoms with van der Waals surface area (Å²) >= 11 is 6.35. The third-order valence-corrected chi connectivity index (χ3v) is 4.39. The van der Waals surface area contributed by atoms with Gasteiger partial charge in [0.05, 0.1) is 10.7 Å². The summed E-state index contributed by atoms with van der Waals surface area (Å²) in [6.07, 6.45) is 0. The highest BCUT2D eigenvalue weighted by molar-refractivity contribution is 6.33. The van der Waals surface area contributed by atoms with E-state index in [1.165, 1.54) is 6.92 Å². The minimum atomic E-state index is -1.09. The van der Waals surface area contributed by atoms with E-state index in [9.17, 15) is 9.59 Å². The Kier molecular flexibility index (Phi) is 6.28. The van der Waals surface area contributed by atoms with Crippen molar-refractivity contribution in [1.29, 1.82) is 0 Å². The number of aliphatic carboxylic acids is 1. The third kappa shape index (κ3) is 4.75. The van der Waals surface area contributed by atoms with Gasteiger partial charge >= 0.3 is 12.0 Å². The van der Waals surface area contributed by atoms with Gasteiger partial charge in [0, 0.05) is 31.9 Å². The summed E-state index contributed by atoms with van der Waals surface area (Å²) in [4.78, 5) is 27.1. The van der Waals surface area contributed by atoms with Gasteiger partial charge < -0.3 is 25.5 Å². The van der Waals surface area contributed by atoms with E-state index >= 15 is 0 Å². The Morgan fingerprint density at radius 1 is 1.29 bits per heavy atom. The quantitative estimate of drug-likeness (QED) is 0.753. The van der Waals surface area contributed by atoms with Gasteiger partial charge in [-0.15, -0.1) is 0 Å². The SMILES string of the molecule is CCN1CCN(c2ccc(NC(=O)NC(C)C(=O)O)cc2Cl)CC1. The zero-order valence-electron chi connectivity index (χ0n) is 13.9. The minimum absolute atomic E-state index is 0.519. The monoisotopic (exact) mass is 354 g/mol. The summed E-state index contributed by atoms with van der Waals surface area (Å²) in [6.45, 7) is 8.43. The second-order valence-electron chi connectivity index (χ2n) is 5.75. The lowest BCUT2D eigenvalue weighted by atomic mass is 10.2. The van der Waals surface area contributed by atoms with Crippen molar-refractivity contribution < 1.29 is 14.7 Å². The molecule has 8 heteroatoms. The van der Waals surface area contributed by atoms with Crippen molar-refractivity contribution in [2.24, 2.45) is 0 Å². The van der Waals surface area contributed by atoms with Crippen LogP contribution in [-0.4, -0.2) is 60.8 Å². The number of anilines is 2. The fourth-order valence-corrected chi connectivity index (χ4v) is 2.87. The number of nitrogens with zero attached hydrogens (tertiary/aromatic N) is 2. The van der Waals surface area contributed by atoms with Gasteiger partial charge in [0.15, 0.2) is 0 Å². The number of hydrogen-bond donors (Lipinski definition) is 3. The second kappa shape index (κ2) is 8.21. The van der Waals surface area contributed by atoms with E-state index in [-0.39, 0.29) is 0 Å². The average Bonchev–Trinajstić information content (AvgIpc) is 2.55. The number of urea groups is 1. The van der Waals surface area contributed by atoms with E-state index in [2.05, 4.69) is 27.4 Å². The third-order valence-electron chi connectivity index (χ3n) is 4.08. The van der Waals surface area contributed by atoms with E-state index < -0.39 is 18.0 Å². The maximum absolute atomic E-state index is 11.7. The molecule has 1 aliphatic heterocycles. The van der Waals surface area contributed by atoms with Crippen LogP contribution in [0.15, 0.2) is 18.2 Å². The fourth-order valence-electron chi connectivity index (χ4n) is 2.57. The van der Waals surface area contributed by atoms with Gasteiger partial charge in [0.2, 0.25) is 0 Å². The highest BCUT2D eigenvalue weighted by Gasteiger charge is 2.18. The van der Waals surface area contributed by atoms with Gasteiger partial charge in [0.1, 0.15) is 6.04 Å². The smallest absolute Gasteiger partial charge is 0.325 e. The normalized spacial score (nSPS) is 16.5. The standard InChI is InChI=1S/C16H23ClN4O3/c1-3-20-6-8-21(9-7-20)14-5-4-12(10-13(14)17)19-16(24)18-11(2)15(22)23/h4-5,10-11H,3,6-9H2,1-2H3,(H,22,23)(H2,18,19,24). The Balaban J connectivity index is 1.97. The number of hydrogen-bond acceptors (Lipinski definition) is 4. The number of carboxylic acid groups (broad SMARTS) is 1. The van der Waals surface area contributed by atoms with Crippen LogP contribution in [0.25, 0.3) is 0 Å². The van der Waals surface area contributed by atoms with E-state index in [0.717, 1.165) is 38.4 Å². The molecule has 0 aromatic heterocycles. The molecule has 0 aliphatic carbocycles. The molecule has 1 aromatic rings. The minimum Gasteiger partial charge on any atom is -0.480 e. The van der Waals surface area contributed by atoms with Crippen molar-refractivity contribution in [3.63, 3.8) is 0 Å². The predicted molar refractivity (Wildman–Crippen MR) is 95.0 cm³/mol. The van der Waals surface area contributed by atoms with Crippen molar-refractivity contribution >= 4 is 35.0 Å². The van der Waals surface area contributed by atoms with Crippen molar-refractivity contribution in [3.8, 4) is 0 Å². The first-order valence-electron chi connectivity index (χ1n) is 7.98. The predicted octanol–water partition coefficient (Wildman–Crippen LogP) is 2.08. The fraction of sp³-hybridized carbons (Fsp3) is 0.500. The molecule has 1 aromatic carbocycles. The largest absolute Gasteiger partial charge is 0.480 e. The first-order valence-corrected chi connectivity index (χ1v) is 8.35. The van der Waals surface area contributed by atoms with Crippen molar-refractivity contribution in [2.75, 3.05) is 42.9 Å². The number of amides is 2. The van der Waals surface area contributed by atoms with Crippen LogP contribution in [0.5, 0.6) is 0 Å². The van der Waals surface area contributed by atoms with E-state index in [1.807, 2.05) is 6.07 Å². The van der Waals surface area contributed by atoms with Gasteiger partial charge in [-0.1, -0.05) is 18.5 Å². The first kappa shape index (κ1) is 18.4. The molecule has 1 fully saturated rings. The Labute approximate surface area is 146 Å². The van der Waals surface area contributed by atoms with Crippen LogP contribution < -0.4 is 15.5 Å². The van der Waals surface area contributed by atoms with E-state index in [4.69, 9.17) is 16.7 Å². The van der Waals surface area contributed by atoms with Crippen molar-refractivity contribution in [3.05, 3.63) is 23.2 Å². The molecule has 2 rings (SSSR count). The van der Waals surface area contributed by atoms with Gasteiger partial charge in [-0.25, -0.2) is 4.79 Å². The van der Waals surface area contributed by atoms with Crippen LogP contribution in [0.4, 0.5) is 16.2 Å². The molecule has 2 amide bonds. The Morgan fingerprint density at radius 3 is 2.50 bits per heavy atom. The average molecular weight is 355 g/mol. The van der Waals surface area contributed by atoms with Crippen LogP contribution in [0.3, 0.4) is 0 Å².